The lowest BCUT2D eigenvalue weighted by atomic mass is 10.1. The van der Waals surface area contributed by atoms with Crippen LogP contribution in [0.25, 0.3) is 0 Å². The van der Waals surface area contributed by atoms with Gasteiger partial charge in [0.25, 0.3) is 5.91 Å². The summed E-state index contributed by atoms with van der Waals surface area (Å²) in [5.41, 5.74) is 0.821. The van der Waals surface area contributed by atoms with Crippen LogP contribution in [0.3, 0.4) is 0 Å². The molecule has 1 aromatic rings. The number of carbonyl (C=O) groups is 1. The highest BCUT2D eigenvalue weighted by atomic mass is 32.2. The number of benzene rings is 1. The fourth-order valence-electron chi connectivity index (χ4n) is 4.19. The van der Waals surface area contributed by atoms with Gasteiger partial charge in [-0.3, -0.25) is 4.79 Å². The van der Waals surface area contributed by atoms with Gasteiger partial charge in [0.2, 0.25) is 0 Å². The second kappa shape index (κ2) is 8.39. The molecule has 0 unspecified atom stereocenters. The Labute approximate surface area is 150 Å². The molecule has 3 nitrogen and oxygen atoms in total. The van der Waals surface area contributed by atoms with Gasteiger partial charge in [0, 0.05) is 36.5 Å². The van der Waals surface area contributed by atoms with Gasteiger partial charge in [-0.1, -0.05) is 25.1 Å². The minimum Gasteiger partial charge on any atom is -0.338 e. The molecule has 132 valence electrons. The van der Waals surface area contributed by atoms with E-state index < -0.39 is 0 Å². The third-order valence-electron chi connectivity index (χ3n) is 5.52. The Kier molecular flexibility index (Phi) is 6.23. The smallest absolute Gasteiger partial charge is 0.253 e. The van der Waals surface area contributed by atoms with E-state index in [4.69, 9.17) is 0 Å². The highest BCUT2D eigenvalue weighted by molar-refractivity contribution is 7.99. The maximum Gasteiger partial charge on any atom is 0.253 e. The summed E-state index contributed by atoms with van der Waals surface area (Å²) in [5, 5.41) is 0.863. The van der Waals surface area contributed by atoms with Crippen LogP contribution >= 0.6 is 11.8 Å². The molecule has 0 N–H and O–H groups in total. The van der Waals surface area contributed by atoms with Crippen molar-refractivity contribution < 1.29 is 4.79 Å². The molecule has 2 aliphatic rings. The average molecular weight is 347 g/mol. The first-order chi connectivity index (χ1) is 11.7. The van der Waals surface area contributed by atoms with Gasteiger partial charge in [-0.05, 0) is 56.5 Å². The number of hydrogen-bond acceptors (Lipinski definition) is 3. The molecule has 2 fully saturated rings. The number of carbonyl (C=O) groups excluding carboxylic acids is 1. The molecule has 1 aromatic carbocycles. The fraction of sp³-hybridized carbons (Fsp3) is 0.650. The number of likely N-dealkylation sites (tertiary alicyclic amines) is 1. The third-order valence-corrected chi connectivity index (χ3v) is 6.76. The first kappa shape index (κ1) is 17.8. The molecule has 0 spiro atoms. The van der Waals surface area contributed by atoms with Crippen LogP contribution < -0.4 is 0 Å². The second-order valence-corrected chi connectivity index (χ2v) is 8.83. The minimum atomic E-state index is 0.195. The quantitative estimate of drug-likeness (QED) is 0.784. The SMILES string of the molecule is CCS[C@@H]1CC[C@@H](N(C)C[C@H]2CCN(C(=O)c3ccccc3)C2)C1. The van der Waals surface area contributed by atoms with E-state index in [9.17, 15) is 4.79 Å². The van der Waals surface area contributed by atoms with E-state index >= 15 is 0 Å². The van der Waals surface area contributed by atoms with E-state index in [1.807, 2.05) is 35.2 Å². The number of nitrogens with zero attached hydrogens (tertiary/aromatic N) is 2. The van der Waals surface area contributed by atoms with Crippen molar-refractivity contribution >= 4 is 17.7 Å². The van der Waals surface area contributed by atoms with Gasteiger partial charge >= 0.3 is 0 Å². The molecule has 1 saturated heterocycles. The Morgan fingerprint density at radius 1 is 1.25 bits per heavy atom. The third kappa shape index (κ3) is 4.34. The van der Waals surface area contributed by atoms with Crippen molar-refractivity contribution in [2.24, 2.45) is 5.92 Å². The first-order valence-electron chi connectivity index (χ1n) is 9.33. The molecule has 1 aliphatic carbocycles. The summed E-state index contributed by atoms with van der Waals surface area (Å²) >= 11 is 2.13. The fourth-order valence-corrected chi connectivity index (χ4v) is 5.32. The minimum absolute atomic E-state index is 0.195. The van der Waals surface area contributed by atoms with Crippen LogP contribution in [0.2, 0.25) is 0 Å². The lowest BCUT2D eigenvalue weighted by Gasteiger charge is -2.27. The number of thioether (sulfide) groups is 1. The summed E-state index contributed by atoms with van der Waals surface area (Å²) in [6, 6.07) is 10.4. The molecule has 0 radical (unpaired) electrons. The summed E-state index contributed by atoms with van der Waals surface area (Å²) in [6.45, 7) is 5.22. The lowest BCUT2D eigenvalue weighted by Crippen LogP contribution is -2.36. The molecule has 3 rings (SSSR count). The van der Waals surface area contributed by atoms with Gasteiger partial charge in [-0.25, -0.2) is 0 Å². The molecule has 1 heterocycles. The molecule has 0 aromatic heterocycles. The largest absolute Gasteiger partial charge is 0.338 e. The lowest BCUT2D eigenvalue weighted by molar-refractivity contribution is 0.0783. The van der Waals surface area contributed by atoms with Crippen molar-refractivity contribution in [3.8, 4) is 0 Å². The van der Waals surface area contributed by atoms with Crippen molar-refractivity contribution in [3.05, 3.63) is 35.9 Å². The summed E-state index contributed by atoms with van der Waals surface area (Å²) in [6.07, 6.45) is 5.20. The summed E-state index contributed by atoms with van der Waals surface area (Å²) in [5.74, 6) is 2.06. The van der Waals surface area contributed by atoms with Gasteiger partial charge in [0.1, 0.15) is 0 Å². The molecule has 1 aliphatic heterocycles. The van der Waals surface area contributed by atoms with Crippen LogP contribution in [-0.2, 0) is 0 Å². The van der Waals surface area contributed by atoms with Gasteiger partial charge in [0.15, 0.2) is 0 Å². The Hall–Kier alpha value is -1.00. The predicted molar refractivity (Wildman–Crippen MR) is 103 cm³/mol. The molecular weight excluding hydrogens is 316 g/mol. The van der Waals surface area contributed by atoms with Crippen molar-refractivity contribution in [1.82, 2.24) is 9.80 Å². The summed E-state index contributed by atoms with van der Waals surface area (Å²) < 4.78 is 0. The Balaban J connectivity index is 1.47. The van der Waals surface area contributed by atoms with E-state index in [-0.39, 0.29) is 5.91 Å². The molecule has 24 heavy (non-hydrogen) atoms. The molecule has 1 saturated carbocycles. The van der Waals surface area contributed by atoms with Crippen molar-refractivity contribution in [2.45, 2.75) is 43.9 Å². The zero-order valence-electron chi connectivity index (χ0n) is 15.0. The summed E-state index contributed by atoms with van der Waals surface area (Å²) in [4.78, 5) is 17.2. The highest BCUT2D eigenvalue weighted by Gasteiger charge is 2.31. The Morgan fingerprint density at radius 3 is 2.79 bits per heavy atom. The first-order valence-corrected chi connectivity index (χ1v) is 10.4. The van der Waals surface area contributed by atoms with Gasteiger partial charge in [-0.2, -0.15) is 11.8 Å². The molecule has 1 amide bonds. The van der Waals surface area contributed by atoms with Crippen molar-refractivity contribution in [2.75, 3.05) is 32.4 Å². The highest BCUT2D eigenvalue weighted by Crippen LogP contribution is 2.33. The van der Waals surface area contributed by atoms with Crippen LogP contribution in [0.4, 0.5) is 0 Å². The van der Waals surface area contributed by atoms with Crippen LogP contribution in [-0.4, -0.2) is 59.4 Å². The van der Waals surface area contributed by atoms with Crippen LogP contribution in [0.15, 0.2) is 30.3 Å². The maximum absolute atomic E-state index is 12.6. The molecule has 4 heteroatoms. The van der Waals surface area contributed by atoms with E-state index in [0.29, 0.717) is 5.92 Å². The second-order valence-electron chi connectivity index (χ2n) is 7.26. The zero-order valence-corrected chi connectivity index (χ0v) is 15.8. The van der Waals surface area contributed by atoms with Gasteiger partial charge in [-0.15, -0.1) is 0 Å². The van der Waals surface area contributed by atoms with Crippen LogP contribution in [0.1, 0.15) is 43.0 Å². The number of rotatable bonds is 6. The zero-order chi connectivity index (χ0) is 16.9. The van der Waals surface area contributed by atoms with Gasteiger partial charge in [0.05, 0.1) is 0 Å². The van der Waals surface area contributed by atoms with Crippen LogP contribution in [0.5, 0.6) is 0 Å². The number of hydrogen-bond donors (Lipinski definition) is 0. The Morgan fingerprint density at radius 2 is 2.04 bits per heavy atom. The average Bonchev–Trinajstić information content (AvgIpc) is 3.25. The topological polar surface area (TPSA) is 23.6 Å². The van der Waals surface area contributed by atoms with E-state index in [1.54, 1.807) is 0 Å². The van der Waals surface area contributed by atoms with E-state index in [1.165, 1.54) is 25.0 Å². The van der Waals surface area contributed by atoms with E-state index in [2.05, 4.69) is 30.6 Å². The molecule has 0 bridgehead atoms. The maximum atomic E-state index is 12.6. The molecular formula is C20H30N2OS. The Bertz CT molecular complexity index is 536. The van der Waals surface area contributed by atoms with Crippen molar-refractivity contribution in [3.63, 3.8) is 0 Å². The van der Waals surface area contributed by atoms with Crippen LogP contribution in [0, 0.1) is 5.92 Å². The van der Waals surface area contributed by atoms with E-state index in [0.717, 1.165) is 42.9 Å². The monoisotopic (exact) mass is 346 g/mol. The predicted octanol–water partition coefficient (Wildman–Crippen LogP) is 3.75. The van der Waals surface area contributed by atoms with Crippen molar-refractivity contribution in [1.29, 1.82) is 0 Å². The number of amides is 1. The molecule has 3 atom stereocenters. The standard InChI is InChI=1S/C20H30N2OS/c1-3-24-19-10-9-18(13-19)21(2)14-16-11-12-22(15-16)20(23)17-7-5-4-6-8-17/h4-8,16,18-19H,3,9-15H2,1-2H3/t16-,18-,19-/m1/s1. The van der Waals surface area contributed by atoms with Gasteiger partial charge < -0.3 is 9.80 Å². The normalized spacial score (nSPS) is 27.1. The summed E-state index contributed by atoms with van der Waals surface area (Å²) in [7, 11) is 2.28.